The van der Waals surface area contributed by atoms with E-state index >= 15 is 0 Å². The van der Waals surface area contributed by atoms with Crippen LogP contribution in [0.3, 0.4) is 0 Å². The smallest absolute Gasteiger partial charge is 0.171 e. The average Bonchev–Trinajstić information content (AvgIpc) is 2.37. The lowest BCUT2D eigenvalue weighted by atomic mass is 9.91. The van der Waals surface area contributed by atoms with E-state index in [0.29, 0.717) is 23.7 Å². The Kier molecular flexibility index (Phi) is 3.84. The Morgan fingerprint density at radius 1 is 1.53 bits per heavy atom. The van der Waals surface area contributed by atoms with Gasteiger partial charge in [-0.3, -0.25) is 0 Å². The van der Waals surface area contributed by atoms with Gasteiger partial charge < -0.3 is 15.2 Å². The minimum absolute atomic E-state index is 0.301. The van der Waals surface area contributed by atoms with Gasteiger partial charge in [0.2, 0.25) is 0 Å². The summed E-state index contributed by atoms with van der Waals surface area (Å²) in [6.45, 7) is 1.94. The lowest BCUT2D eigenvalue weighted by Gasteiger charge is -2.23. The van der Waals surface area contributed by atoms with Gasteiger partial charge in [-0.05, 0) is 50.4 Å². The molecule has 1 unspecified atom stereocenters. The molecule has 2 N–H and O–H groups in total. The van der Waals surface area contributed by atoms with E-state index in [-0.39, 0.29) is 5.75 Å². The van der Waals surface area contributed by atoms with Gasteiger partial charge in [0.15, 0.2) is 11.6 Å². The molecular formula is C13H18FNO2. The number of ether oxygens (including phenoxy) is 1. The number of phenols is 1. The highest BCUT2D eigenvalue weighted by molar-refractivity contribution is 5.41. The molecule has 0 spiro atoms. The molecule has 4 heteroatoms. The molecule has 94 valence electrons. The maximum absolute atomic E-state index is 13.9. The second-order valence-electron chi connectivity index (χ2n) is 4.50. The van der Waals surface area contributed by atoms with Gasteiger partial charge in [0.05, 0.1) is 7.11 Å². The van der Waals surface area contributed by atoms with Gasteiger partial charge in [0, 0.05) is 5.56 Å². The molecule has 0 saturated carbocycles. The summed E-state index contributed by atoms with van der Waals surface area (Å²) in [4.78, 5) is 0. The van der Waals surface area contributed by atoms with Gasteiger partial charge in [-0.2, -0.15) is 0 Å². The molecule has 0 radical (unpaired) electrons. The molecule has 0 amide bonds. The van der Waals surface area contributed by atoms with Crippen LogP contribution in [0, 0.1) is 11.7 Å². The molecule has 2 rings (SSSR count). The molecule has 1 aromatic carbocycles. The average molecular weight is 239 g/mol. The molecule has 3 nitrogen and oxygen atoms in total. The zero-order chi connectivity index (χ0) is 12.3. The summed E-state index contributed by atoms with van der Waals surface area (Å²) >= 11 is 0. The van der Waals surface area contributed by atoms with Gasteiger partial charge in [0.25, 0.3) is 0 Å². The van der Waals surface area contributed by atoms with E-state index in [0.717, 1.165) is 25.9 Å². The molecule has 1 atom stereocenters. The number of aromatic hydroxyl groups is 1. The van der Waals surface area contributed by atoms with E-state index in [4.69, 9.17) is 4.74 Å². The lowest BCUT2D eigenvalue weighted by Crippen LogP contribution is -2.31. The van der Waals surface area contributed by atoms with E-state index in [1.807, 2.05) is 0 Å². The number of piperidine rings is 1. The summed E-state index contributed by atoms with van der Waals surface area (Å²) in [5.41, 5.74) is 0.487. The zero-order valence-corrected chi connectivity index (χ0v) is 10.0. The van der Waals surface area contributed by atoms with Crippen LogP contribution in [0.5, 0.6) is 11.5 Å². The summed E-state index contributed by atoms with van der Waals surface area (Å²) in [7, 11) is 1.52. The molecule has 1 heterocycles. The van der Waals surface area contributed by atoms with Gasteiger partial charge in [0.1, 0.15) is 5.75 Å². The summed E-state index contributed by atoms with van der Waals surface area (Å²) in [5.74, 6) is 0.0827. The largest absolute Gasteiger partial charge is 0.505 e. The van der Waals surface area contributed by atoms with Crippen LogP contribution in [0.15, 0.2) is 12.1 Å². The lowest BCUT2D eigenvalue weighted by molar-refractivity contribution is 0.351. The van der Waals surface area contributed by atoms with Crippen molar-refractivity contribution in [2.24, 2.45) is 5.92 Å². The molecule has 0 aromatic heterocycles. The molecule has 0 aliphatic carbocycles. The third-order valence-electron chi connectivity index (χ3n) is 3.29. The fourth-order valence-electron chi connectivity index (χ4n) is 2.36. The minimum Gasteiger partial charge on any atom is -0.505 e. The summed E-state index contributed by atoms with van der Waals surface area (Å²) in [5, 5.41) is 12.7. The number of phenolic OH excluding ortho intramolecular Hbond substituents is 1. The topological polar surface area (TPSA) is 41.5 Å². The number of nitrogens with one attached hydrogen (secondary N) is 1. The summed E-state index contributed by atoms with van der Waals surface area (Å²) in [6, 6.07) is 2.95. The van der Waals surface area contributed by atoms with Crippen molar-refractivity contribution in [2.75, 3.05) is 20.2 Å². The number of methoxy groups -OCH3 is 1. The van der Waals surface area contributed by atoms with Crippen molar-refractivity contribution < 1.29 is 14.2 Å². The van der Waals surface area contributed by atoms with Crippen LogP contribution in [0.25, 0.3) is 0 Å². The molecular weight excluding hydrogens is 221 g/mol. The monoisotopic (exact) mass is 239 g/mol. The van der Waals surface area contributed by atoms with E-state index < -0.39 is 5.82 Å². The van der Waals surface area contributed by atoms with E-state index in [1.165, 1.54) is 13.2 Å². The fraction of sp³-hybridized carbons (Fsp3) is 0.538. The van der Waals surface area contributed by atoms with Crippen LogP contribution in [0.4, 0.5) is 4.39 Å². The number of rotatable bonds is 3. The maximum Gasteiger partial charge on any atom is 0.171 e. The molecule has 1 aromatic rings. The number of hydrogen-bond donors (Lipinski definition) is 2. The van der Waals surface area contributed by atoms with Crippen LogP contribution in [0.2, 0.25) is 0 Å². The van der Waals surface area contributed by atoms with Gasteiger partial charge in [-0.1, -0.05) is 0 Å². The van der Waals surface area contributed by atoms with Crippen LogP contribution in [0.1, 0.15) is 18.4 Å². The SMILES string of the molecule is COc1ccc(O)c(F)c1CC1CCCNC1. The van der Waals surface area contributed by atoms with Crippen molar-refractivity contribution in [3.63, 3.8) is 0 Å². The maximum atomic E-state index is 13.9. The normalized spacial score (nSPS) is 20.2. The Balaban J connectivity index is 2.20. The number of hydrogen-bond acceptors (Lipinski definition) is 3. The number of benzene rings is 1. The standard InChI is InChI=1S/C13H18FNO2/c1-17-12-5-4-11(16)13(14)10(12)7-9-3-2-6-15-8-9/h4-5,9,15-16H,2-3,6-8H2,1H3. The van der Waals surface area contributed by atoms with Crippen molar-refractivity contribution in [3.05, 3.63) is 23.5 Å². The first-order valence-corrected chi connectivity index (χ1v) is 5.97. The Morgan fingerprint density at radius 3 is 3.00 bits per heavy atom. The molecule has 1 aliphatic heterocycles. The third kappa shape index (κ3) is 2.69. The van der Waals surface area contributed by atoms with Crippen molar-refractivity contribution >= 4 is 0 Å². The highest BCUT2D eigenvalue weighted by Gasteiger charge is 2.20. The molecule has 1 fully saturated rings. The van der Waals surface area contributed by atoms with E-state index in [1.54, 1.807) is 6.07 Å². The van der Waals surface area contributed by atoms with Crippen molar-refractivity contribution in [2.45, 2.75) is 19.3 Å². The summed E-state index contributed by atoms with van der Waals surface area (Å²) in [6.07, 6.45) is 2.81. The zero-order valence-electron chi connectivity index (χ0n) is 10.0. The molecule has 17 heavy (non-hydrogen) atoms. The van der Waals surface area contributed by atoms with Crippen LogP contribution in [-0.2, 0) is 6.42 Å². The Bertz CT molecular complexity index is 389. The second-order valence-corrected chi connectivity index (χ2v) is 4.50. The second kappa shape index (κ2) is 5.36. The summed E-state index contributed by atoms with van der Waals surface area (Å²) < 4.78 is 19.0. The van der Waals surface area contributed by atoms with Gasteiger partial charge >= 0.3 is 0 Å². The Labute approximate surface area is 101 Å². The fourth-order valence-corrected chi connectivity index (χ4v) is 2.36. The molecule has 1 aliphatic rings. The minimum atomic E-state index is -0.546. The van der Waals surface area contributed by atoms with Gasteiger partial charge in [-0.25, -0.2) is 4.39 Å². The van der Waals surface area contributed by atoms with Crippen LogP contribution in [-0.4, -0.2) is 25.3 Å². The quantitative estimate of drug-likeness (QED) is 0.848. The van der Waals surface area contributed by atoms with Crippen molar-refractivity contribution in [1.29, 1.82) is 0 Å². The van der Waals surface area contributed by atoms with Crippen molar-refractivity contribution in [3.8, 4) is 11.5 Å². The first-order valence-electron chi connectivity index (χ1n) is 5.97. The van der Waals surface area contributed by atoms with Crippen LogP contribution >= 0.6 is 0 Å². The molecule has 1 saturated heterocycles. The third-order valence-corrected chi connectivity index (χ3v) is 3.29. The Hall–Kier alpha value is -1.29. The molecule has 0 bridgehead atoms. The first-order chi connectivity index (χ1) is 8.22. The van der Waals surface area contributed by atoms with E-state index in [2.05, 4.69) is 5.32 Å². The highest BCUT2D eigenvalue weighted by atomic mass is 19.1. The van der Waals surface area contributed by atoms with Gasteiger partial charge in [-0.15, -0.1) is 0 Å². The predicted octanol–water partition coefficient (Wildman–Crippen LogP) is 2.08. The number of halogens is 1. The van der Waals surface area contributed by atoms with E-state index in [9.17, 15) is 9.50 Å². The highest BCUT2D eigenvalue weighted by Crippen LogP contribution is 2.31. The van der Waals surface area contributed by atoms with Crippen molar-refractivity contribution in [1.82, 2.24) is 5.32 Å². The Morgan fingerprint density at radius 2 is 2.35 bits per heavy atom. The predicted molar refractivity (Wildman–Crippen MR) is 63.9 cm³/mol. The first kappa shape index (κ1) is 12.2. The van der Waals surface area contributed by atoms with Crippen LogP contribution < -0.4 is 10.1 Å².